The molecular formula is C13H25N3O. The maximum atomic E-state index is 5.43. The van der Waals surface area contributed by atoms with E-state index < -0.39 is 0 Å². The Labute approximate surface area is 105 Å². The Morgan fingerprint density at radius 3 is 2.00 bits per heavy atom. The summed E-state index contributed by atoms with van der Waals surface area (Å²) < 4.78 is 5.43. The van der Waals surface area contributed by atoms with Crippen LogP contribution in [0.15, 0.2) is 4.99 Å². The van der Waals surface area contributed by atoms with E-state index in [0.29, 0.717) is 0 Å². The first kappa shape index (κ1) is 12.7. The van der Waals surface area contributed by atoms with Crippen molar-refractivity contribution in [2.45, 2.75) is 39.2 Å². The molecule has 0 saturated carbocycles. The van der Waals surface area contributed by atoms with Crippen molar-refractivity contribution < 1.29 is 4.74 Å². The van der Waals surface area contributed by atoms with Gasteiger partial charge in [-0.05, 0) is 33.6 Å². The Bertz CT molecular complexity index is 271. The van der Waals surface area contributed by atoms with Crippen LogP contribution < -0.4 is 0 Å². The molecule has 0 aromatic rings. The molecule has 2 rings (SSSR count). The van der Waals surface area contributed by atoms with Gasteiger partial charge in [0.05, 0.1) is 18.8 Å². The normalized spacial score (nSPS) is 23.4. The van der Waals surface area contributed by atoms with Crippen LogP contribution in [-0.4, -0.2) is 60.7 Å². The summed E-state index contributed by atoms with van der Waals surface area (Å²) in [5, 5.41) is 0. The topological polar surface area (TPSA) is 28.1 Å². The zero-order valence-electron chi connectivity index (χ0n) is 11.4. The number of hydrogen-bond donors (Lipinski definition) is 0. The van der Waals surface area contributed by atoms with E-state index >= 15 is 0 Å². The van der Waals surface area contributed by atoms with E-state index in [1.54, 1.807) is 0 Å². The average molecular weight is 239 g/mol. The van der Waals surface area contributed by atoms with Gasteiger partial charge in [0.2, 0.25) is 0 Å². The highest BCUT2D eigenvalue weighted by Crippen LogP contribution is 2.16. The van der Waals surface area contributed by atoms with E-state index in [0.717, 1.165) is 39.4 Å². The predicted molar refractivity (Wildman–Crippen MR) is 70.4 cm³/mol. The van der Waals surface area contributed by atoms with Gasteiger partial charge in [-0.2, -0.15) is 0 Å². The fourth-order valence-corrected chi connectivity index (χ4v) is 2.32. The van der Waals surface area contributed by atoms with Crippen LogP contribution in [0.1, 0.15) is 33.6 Å². The second kappa shape index (κ2) is 5.25. The molecule has 2 saturated heterocycles. The minimum absolute atomic E-state index is 0.00374. The summed E-state index contributed by atoms with van der Waals surface area (Å²) in [6.45, 7) is 12.4. The Morgan fingerprint density at radius 1 is 0.941 bits per heavy atom. The van der Waals surface area contributed by atoms with Crippen molar-refractivity contribution in [1.29, 1.82) is 0 Å². The monoisotopic (exact) mass is 239 g/mol. The van der Waals surface area contributed by atoms with Crippen LogP contribution in [0.25, 0.3) is 0 Å². The van der Waals surface area contributed by atoms with Gasteiger partial charge in [-0.1, -0.05) is 0 Å². The van der Waals surface area contributed by atoms with Gasteiger partial charge in [0.15, 0.2) is 5.96 Å². The molecule has 17 heavy (non-hydrogen) atoms. The fourth-order valence-electron chi connectivity index (χ4n) is 2.32. The highest BCUT2D eigenvalue weighted by Gasteiger charge is 2.25. The van der Waals surface area contributed by atoms with Gasteiger partial charge in [0.1, 0.15) is 0 Å². The van der Waals surface area contributed by atoms with E-state index in [9.17, 15) is 0 Å². The molecule has 4 nitrogen and oxygen atoms in total. The zero-order valence-corrected chi connectivity index (χ0v) is 11.4. The Kier molecular flexibility index (Phi) is 3.92. The molecule has 0 aromatic carbocycles. The summed E-state index contributed by atoms with van der Waals surface area (Å²) in [6, 6.07) is 0. The molecule has 0 atom stereocenters. The number of hydrogen-bond acceptors (Lipinski definition) is 2. The molecule has 2 aliphatic heterocycles. The zero-order chi connectivity index (χ0) is 12.3. The fraction of sp³-hybridized carbons (Fsp3) is 0.923. The van der Waals surface area contributed by atoms with Gasteiger partial charge in [-0.25, -0.2) is 4.99 Å². The number of ether oxygens (including phenoxy) is 1. The third-order valence-corrected chi connectivity index (χ3v) is 3.12. The number of nitrogens with zero attached hydrogens (tertiary/aromatic N) is 3. The standard InChI is InChI=1S/C13H25N3O/c1-13(2,3)14-12(15-6-4-5-7-15)16-8-10-17-11-9-16/h4-11H2,1-3H3. The van der Waals surface area contributed by atoms with Crippen molar-refractivity contribution in [3.05, 3.63) is 0 Å². The number of likely N-dealkylation sites (tertiary alicyclic amines) is 1. The largest absolute Gasteiger partial charge is 0.378 e. The second-order valence-electron chi connectivity index (χ2n) is 5.88. The van der Waals surface area contributed by atoms with Crippen LogP contribution in [0.5, 0.6) is 0 Å². The quantitative estimate of drug-likeness (QED) is 0.474. The van der Waals surface area contributed by atoms with Crippen LogP contribution in [0.3, 0.4) is 0 Å². The minimum Gasteiger partial charge on any atom is -0.378 e. The first-order valence-corrected chi connectivity index (χ1v) is 6.74. The molecule has 0 N–H and O–H groups in total. The lowest BCUT2D eigenvalue weighted by atomic mass is 10.1. The van der Waals surface area contributed by atoms with E-state index in [2.05, 4.69) is 30.6 Å². The lowest BCUT2D eigenvalue weighted by Crippen LogP contribution is -2.49. The molecule has 0 unspecified atom stereocenters. The third-order valence-electron chi connectivity index (χ3n) is 3.12. The van der Waals surface area contributed by atoms with Gasteiger partial charge < -0.3 is 14.5 Å². The van der Waals surface area contributed by atoms with Gasteiger partial charge in [0.25, 0.3) is 0 Å². The van der Waals surface area contributed by atoms with Crippen molar-refractivity contribution in [2.75, 3.05) is 39.4 Å². The third kappa shape index (κ3) is 3.60. The number of aliphatic imine (C=N–C) groups is 1. The molecule has 2 heterocycles. The number of guanidine groups is 1. The van der Waals surface area contributed by atoms with Crippen molar-refractivity contribution >= 4 is 5.96 Å². The average Bonchev–Trinajstić information content (AvgIpc) is 2.79. The summed E-state index contributed by atoms with van der Waals surface area (Å²) in [5.74, 6) is 1.19. The van der Waals surface area contributed by atoms with Gasteiger partial charge in [0, 0.05) is 26.2 Å². The molecule has 0 amide bonds. The molecule has 0 spiro atoms. The maximum Gasteiger partial charge on any atom is 0.197 e. The van der Waals surface area contributed by atoms with E-state index in [1.807, 2.05) is 0 Å². The SMILES string of the molecule is CC(C)(C)N=C(N1CCCC1)N1CCOCC1. The Morgan fingerprint density at radius 2 is 1.47 bits per heavy atom. The van der Waals surface area contributed by atoms with Crippen molar-refractivity contribution in [3.63, 3.8) is 0 Å². The number of morpholine rings is 1. The summed E-state index contributed by atoms with van der Waals surface area (Å²) >= 11 is 0. The van der Waals surface area contributed by atoms with E-state index in [1.165, 1.54) is 18.8 Å². The lowest BCUT2D eigenvalue weighted by Gasteiger charge is -2.36. The van der Waals surface area contributed by atoms with Crippen LogP contribution in [0.4, 0.5) is 0 Å². The lowest BCUT2D eigenvalue weighted by molar-refractivity contribution is 0.0625. The summed E-state index contributed by atoms with van der Waals surface area (Å²) in [4.78, 5) is 9.76. The van der Waals surface area contributed by atoms with Crippen molar-refractivity contribution in [3.8, 4) is 0 Å². The molecule has 0 aromatic heterocycles. The van der Waals surface area contributed by atoms with Gasteiger partial charge in [-0.3, -0.25) is 0 Å². The van der Waals surface area contributed by atoms with Crippen LogP contribution >= 0.6 is 0 Å². The van der Waals surface area contributed by atoms with Crippen molar-refractivity contribution in [2.24, 2.45) is 4.99 Å². The molecule has 4 heteroatoms. The summed E-state index contributed by atoms with van der Waals surface area (Å²) in [5.41, 5.74) is -0.00374. The smallest absolute Gasteiger partial charge is 0.197 e. The van der Waals surface area contributed by atoms with Gasteiger partial charge >= 0.3 is 0 Å². The predicted octanol–water partition coefficient (Wildman–Crippen LogP) is 1.57. The van der Waals surface area contributed by atoms with E-state index in [4.69, 9.17) is 9.73 Å². The summed E-state index contributed by atoms with van der Waals surface area (Å²) in [6.07, 6.45) is 2.60. The molecule has 0 radical (unpaired) electrons. The first-order valence-electron chi connectivity index (χ1n) is 6.74. The Balaban J connectivity index is 2.13. The van der Waals surface area contributed by atoms with Crippen LogP contribution in [-0.2, 0) is 4.74 Å². The first-order chi connectivity index (χ1) is 8.06. The Hall–Kier alpha value is -0.770. The van der Waals surface area contributed by atoms with Crippen molar-refractivity contribution in [1.82, 2.24) is 9.80 Å². The molecule has 2 aliphatic rings. The van der Waals surface area contributed by atoms with Gasteiger partial charge in [-0.15, -0.1) is 0 Å². The molecule has 98 valence electrons. The van der Waals surface area contributed by atoms with Crippen LogP contribution in [0.2, 0.25) is 0 Å². The number of rotatable bonds is 0. The van der Waals surface area contributed by atoms with Crippen LogP contribution in [0, 0.1) is 0 Å². The highest BCUT2D eigenvalue weighted by molar-refractivity contribution is 5.81. The van der Waals surface area contributed by atoms with E-state index in [-0.39, 0.29) is 5.54 Å². The highest BCUT2D eigenvalue weighted by atomic mass is 16.5. The second-order valence-corrected chi connectivity index (χ2v) is 5.88. The molecule has 0 aliphatic carbocycles. The summed E-state index contributed by atoms with van der Waals surface area (Å²) in [7, 11) is 0. The minimum atomic E-state index is -0.00374. The molecule has 2 fully saturated rings. The molecule has 0 bridgehead atoms. The maximum absolute atomic E-state index is 5.43. The molecular weight excluding hydrogens is 214 g/mol.